The highest BCUT2D eigenvalue weighted by Gasteiger charge is 2.13. The second-order valence-corrected chi connectivity index (χ2v) is 14.8. The Morgan fingerprint density at radius 3 is 1.25 bits per heavy atom. The molecule has 0 spiro atoms. The maximum absolute atomic E-state index is 12.1. The Kier molecular flexibility index (Phi) is 16.3. The largest absolute Gasteiger partial charge is 0.355 e. The quantitative estimate of drug-likeness (QED) is 0.122. The summed E-state index contributed by atoms with van der Waals surface area (Å²) in [7, 11) is -4.34. The highest BCUT2D eigenvalue weighted by atomic mass is 33.1. The Balaban J connectivity index is 1.38. The summed E-state index contributed by atoms with van der Waals surface area (Å²) in [6.07, 6.45) is 4.41. The van der Waals surface area contributed by atoms with Crippen LogP contribution in [-0.4, -0.2) is 66.3 Å². The van der Waals surface area contributed by atoms with Gasteiger partial charge in [-0.1, -0.05) is 70.8 Å². The van der Waals surface area contributed by atoms with Crippen molar-refractivity contribution in [1.82, 2.24) is 20.1 Å². The molecule has 10 nitrogen and oxygen atoms in total. The van der Waals surface area contributed by atoms with Crippen LogP contribution in [0.3, 0.4) is 0 Å². The maximum Gasteiger partial charge on any atom is 0.240 e. The van der Waals surface area contributed by atoms with E-state index in [4.69, 9.17) is 0 Å². The fourth-order valence-corrected chi connectivity index (χ4v) is 7.30. The first-order valence-corrected chi connectivity index (χ1v) is 18.5. The third-order valence-corrected chi connectivity index (χ3v) is 10.6. The van der Waals surface area contributed by atoms with Crippen molar-refractivity contribution in [3.05, 3.63) is 60.7 Å². The number of benzene rings is 2. The summed E-state index contributed by atoms with van der Waals surface area (Å²) in [5.41, 5.74) is 0. The van der Waals surface area contributed by atoms with Crippen LogP contribution in [0.1, 0.15) is 38.5 Å². The molecule has 0 aliphatic heterocycles. The standard InChI is InChI=1S/C26H38N4O6S4/c31-25(27-17-9-3-11-19-29-39(33,34)23-13-5-1-6-14-23)21-37-38-22-26(32)28-18-10-4-12-20-30-40(35,36)24-15-7-2-8-16-24/h1-2,5-8,13-16,29-30H,3-4,9-12,17-22H2,(H,27,31)(H,28,32). The zero-order valence-electron chi connectivity index (χ0n) is 22.3. The van der Waals surface area contributed by atoms with Crippen molar-refractivity contribution in [3.8, 4) is 0 Å². The molecule has 0 bridgehead atoms. The third-order valence-electron chi connectivity index (χ3n) is 5.51. The van der Waals surface area contributed by atoms with Crippen molar-refractivity contribution >= 4 is 53.4 Å². The molecule has 0 radical (unpaired) electrons. The maximum atomic E-state index is 12.1. The first-order valence-electron chi connectivity index (χ1n) is 13.1. The Labute approximate surface area is 245 Å². The second-order valence-electron chi connectivity index (χ2n) is 8.77. The van der Waals surface area contributed by atoms with Crippen LogP contribution in [0.2, 0.25) is 0 Å². The Bertz CT molecular complexity index is 1130. The van der Waals surface area contributed by atoms with Crippen molar-refractivity contribution in [1.29, 1.82) is 0 Å². The molecule has 0 heterocycles. The van der Waals surface area contributed by atoms with Gasteiger partial charge in [-0.3, -0.25) is 9.59 Å². The number of nitrogens with one attached hydrogen (secondary N) is 4. The predicted octanol–water partition coefficient (Wildman–Crippen LogP) is 2.90. The molecule has 0 unspecified atom stereocenters. The summed E-state index contributed by atoms with van der Waals surface area (Å²) in [6, 6.07) is 16.4. The lowest BCUT2D eigenvalue weighted by Crippen LogP contribution is -2.27. The van der Waals surface area contributed by atoms with Crippen molar-refractivity contribution in [2.24, 2.45) is 0 Å². The number of amides is 2. The van der Waals surface area contributed by atoms with Gasteiger partial charge in [-0.15, -0.1) is 0 Å². The van der Waals surface area contributed by atoms with Crippen LogP contribution in [0, 0.1) is 0 Å². The summed E-state index contributed by atoms with van der Waals surface area (Å²) in [5.74, 6) is 0.276. The average Bonchev–Trinajstić information content (AvgIpc) is 2.95. The molecule has 0 saturated heterocycles. The van der Waals surface area contributed by atoms with Gasteiger partial charge in [0.1, 0.15) is 0 Å². The molecule has 14 heteroatoms. The number of sulfonamides is 2. The highest BCUT2D eigenvalue weighted by molar-refractivity contribution is 8.77. The molecule has 0 aliphatic rings. The van der Waals surface area contributed by atoms with Gasteiger partial charge < -0.3 is 10.6 Å². The van der Waals surface area contributed by atoms with E-state index in [1.807, 2.05) is 0 Å². The minimum absolute atomic E-state index is 0.106. The van der Waals surface area contributed by atoms with Gasteiger partial charge in [0.15, 0.2) is 0 Å². The van der Waals surface area contributed by atoms with Crippen molar-refractivity contribution in [2.75, 3.05) is 37.7 Å². The van der Waals surface area contributed by atoms with Crippen molar-refractivity contribution in [2.45, 2.75) is 48.3 Å². The molecule has 0 saturated carbocycles. The van der Waals surface area contributed by atoms with E-state index in [1.165, 1.54) is 21.6 Å². The summed E-state index contributed by atoms with van der Waals surface area (Å²) in [5, 5.41) is 5.65. The smallest absolute Gasteiger partial charge is 0.240 e. The van der Waals surface area contributed by atoms with Crippen LogP contribution in [0.15, 0.2) is 70.5 Å². The molecule has 0 aliphatic carbocycles. The van der Waals surface area contributed by atoms with Crippen LogP contribution in [0.4, 0.5) is 0 Å². The molecule has 2 amide bonds. The van der Waals surface area contributed by atoms with E-state index < -0.39 is 20.0 Å². The molecule has 2 aromatic rings. The highest BCUT2D eigenvalue weighted by Crippen LogP contribution is 2.20. The molecular weight excluding hydrogens is 593 g/mol. The van der Waals surface area contributed by atoms with Crippen LogP contribution in [-0.2, 0) is 29.6 Å². The first kappa shape index (κ1) is 34.1. The third kappa shape index (κ3) is 14.5. The molecule has 222 valence electrons. The molecular formula is C26H38N4O6S4. The normalized spacial score (nSPS) is 11.7. The monoisotopic (exact) mass is 630 g/mol. The fourth-order valence-electron chi connectivity index (χ4n) is 3.38. The Morgan fingerprint density at radius 2 is 0.875 bits per heavy atom. The minimum atomic E-state index is -3.48. The summed E-state index contributed by atoms with van der Waals surface area (Å²) >= 11 is 0. The lowest BCUT2D eigenvalue weighted by atomic mass is 10.2. The average molecular weight is 631 g/mol. The number of hydrogen-bond donors (Lipinski definition) is 4. The van der Waals surface area contributed by atoms with E-state index in [2.05, 4.69) is 20.1 Å². The van der Waals surface area contributed by atoms with Gasteiger partial charge in [0.25, 0.3) is 0 Å². The van der Waals surface area contributed by atoms with Gasteiger partial charge in [0, 0.05) is 26.2 Å². The summed E-state index contributed by atoms with van der Waals surface area (Å²) < 4.78 is 53.7. The number of carbonyl (C=O) groups is 2. The van der Waals surface area contributed by atoms with Gasteiger partial charge >= 0.3 is 0 Å². The summed E-state index contributed by atoms with van der Waals surface area (Å²) in [6.45, 7) is 1.72. The van der Waals surface area contributed by atoms with E-state index in [9.17, 15) is 26.4 Å². The van der Waals surface area contributed by atoms with Crippen LogP contribution < -0.4 is 20.1 Å². The van der Waals surface area contributed by atoms with Gasteiger partial charge in [0.05, 0.1) is 21.3 Å². The van der Waals surface area contributed by atoms with Crippen molar-refractivity contribution < 1.29 is 26.4 Å². The molecule has 0 fully saturated rings. The van der Waals surface area contributed by atoms with Gasteiger partial charge in [-0.2, -0.15) is 0 Å². The van der Waals surface area contributed by atoms with Crippen LogP contribution in [0.25, 0.3) is 0 Å². The Morgan fingerprint density at radius 1 is 0.525 bits per heavy atom. The number of hydrogen-bond acceptors (Lipinski definition) is 8. The van der Waals surface area contributed by atoms with E-state index in [0.29, 0.717) is 39.0 Å². The number of rotatable bonds is 21. The van der Waals surface area contributed by atoms with E-state index in [1.54, 1.807) is 60.7 Å². The Hall–Kier alpha value is -2.10. The van der Waals surface area contributed by atoms with Crippen LogP contribution >= 0.6 is 21.6 Å². The lowest BCUT2D eigenvalue weighted by molar-refractivity contribution is -0.119. The molecule has 40 heavy (non-hydrogen) atoms. The lowest BCUT2D eigenvalue weighted by Gasteiger charge is -2.08. The minimum Gasteiger partial charge on any atom is -0.355 e. The van der Waals surface area contributed by atoms with E-state index in [0.717, 1.165) is 25.7 Å². The zero-order chi connectivity index (χ0) is 29.1. The van der Waals surface area contributed by atoms with Crippen molar-refractivity contribution in [3.63, 3.8) is 0 Å². The van der Waals surface area contributed by atoms with Crippen LogP contribution in [0.5, 0.6) is 0 Å². The molecule has 4 N–H and O–H groups in total. The first-order chi connectivity index (χ1) is 19.2. The predicted molar refractivity (Wildman–Crippen MR) is 162 cm³/mol. The fraction of sp³-hybridized carbons (Fsp3) is 0.462. The molecule has 2 rings (SSSR count). The van der Waals surface area contributed by atoms with E-state index >= 15 is 0 Å². The van der Waals surface area contributed by atoms with Gasteiger partial charge in [-0.25, -0.2) is 26.3 Å². The second kappa shape index (κ2) is 19.1. The molecule has 0 atom stereocenters. The summed E-state index contributed by atoms with van der Waals surface area (Å²) in [4.78, 5) is 24.3. The molecule has 2 aromatic carbocycles. The topological polar surface area (TPSA) is 151 Å². The number of carbonyl (C=O) groups excluding carboxylic acids is 2. The van der Waals surface area contributed by atoms with Gasteiger partial charge in [0.2, 0.25) is 31.9 Å². The van der Waals surface area contributed by atoms with Gasteiger partial charge in [-0.05, 0) is 49.9 Å². The SMILES string of the molecule is O=C(CSSCC(=O)NCCCCCNS(=O)(=O)c1ccccc1)NCCCCCNS(=O)(=O)c1ccccc1. The zero-order valence-corrected chi connectivity index (χ0v) is 25.6. The number of unbranched alkanes of at least 4 members (excludes halogenated alkanes) is 4. The molecule has 0 aromatic heterocycles. The van der Waals surface area contributed by atoms with E-state index in [-0.39, 0.29) is 33.1 Å².